The molecule has 0 atom stereocenters. The van der Waals surface area contributed by atoms with Crippen LogP contribution >= 0.6 is 0 Å². The molecular weight excluding hydrogens is 388 g/mol. The van der Waals surface area contributed by atoms with Crippen molar-refractivity contribution in [2.24, 2.45) is 0 Å². The van der Waals surface area contributed by atoms with E-state index in [0.717, 1.165) is 11.1 Å². The van der Waals surface area contributed by atoms with E-state index in [1.54, 1.807) is 60.9 Å². The number of carbonyl (C=O) groups excluding carboxylic acids is 1. The number of sulfone groups is 1. The van der Waals surface area contributed by atoms with Gasteiger partial charge < -0.3 is 10.1 Å². The van der Waals surface area contributed by atoms with E-state index in [9.17, 15) is 13.2 Å². The third-order valence-corrected chi connectivity index (χ3v) is 6.08. The standard InChI is InChI=1S/C22H22N2O4S/c1-16-5-7-21(8-6-16)29(26,27)15-18-10-19(12-20(11-18)28-2)22(25)24-14-17-4-3-9-23-13-17/h3-13H,14-15H2,1-2H3,(H,24,25). The Morgan fingerprint density at radius 3 is 2.48 bits per heavy atom. The van der Waals surface area contributed by atoms with Crippen LogP contribution in [0.25, 0.3) is 0 Å². The van der Waals surface area contributed by atoms with Crippen LogP contribution in [0.2, 0.25) is 0 Å². The summed E-state index contributed by atoms with van der Waals surface area (Å²) in [4.78, 5) is 16.8. The number of aryl methyl sites for hydroxylation is 1. The van der Waals surface area contributed by atoms with E-state index in [0.29, 0.717) is 23.4 Å². The van der Waals surface area contributed by atoms with E-state index < -0.39 is 9.84 Å². The van der Waals surface area contributed by atoms with Gasteiger partial charge in [0.2, 0.25) is 0 Å². The number of rotatable bonds is 7. The van der Waals surface area contributed by atoms with Gasteiger partial charge in [0.05, 0.1) is 17.8 Å². The fraction of sp³-hybridized carbons (Fsp3) is 0.182. The van der Waals surface area contributed by atoms with Crippen LogP contribution in [0.5, 0.6) is 5.75 Å². The van der Waals surface area contributed by atoms with Crippen molar-refractivity contribution in [3.63, 3.8) is 0 Å². The molecule has 0 radical (unpaired) electrons. The smallest absolute Gasteiger partial charge is 0.251 e. The molecule has 3 aromatic rings. The van der Waals surface area contributed by atoms with E-state index >= 15 is 0 Å². The first kappa shape index (κ1) is 20.5. The molecule has 0 saturated carbocycles. The van der Waals surface area contributed by atoms with Gasteiger partial charge in [0.25, 0.3) is 5.91 Å². The number of nitrogens with zero attached hydrogens (tertiary/aromatic N) is 1. The molecule has 0 aliphatic carbocycles. The second-order valence-electron chi connectivity index (χ2n) is 6.69. The quantitative estimate of drug-likeness (QED) is 0.646. The number of carbonyl (C=O) groups is 1. The van der Waals surface area contributed by atoms with Crippen molar-refractivity contribution in [3.8, 4) is 5.75 Å². The second kappa shape index (κ2) is 8.87. The van der Waals surface area contributed by atoms with Crippen molar-refractivity contribution in [1.29, 1.82) is 0 Å². The first-order chi connectivity index (χ1) is 13.9. The number of methoxy groups -OCH3 is 1. The monoisotopic (exact) mass is 410 g/mol. The molecule has 0 bridgehead atoms. The normalized spacial score (nSPS) is 11.1. The minimum Gasteiger partial charge on any atom is -0.497 e. The second-order valence-corrected chi connectivity index (χ2v) is 8.68. The first-order valence-electron chi connectivity index (χ1n) is 9.02. The maximum absolute atomic E-state index is 12.8. The minimum atomic E-state index is -3.55. The van der Waals surface area contributed by atoms with Crippen molar-refractivity contribution in [1.82, 2.24) is 10.3 Å². The highest BCUT2D eigenvalue weighted by molar-refractivity contribution is 7.90. The molecule has 1 N–H and O–H groups in total. The number of hydrogen-bond acceptors (Lipinski definition) is 5. The van der Waals surface area contributed by atoms with Gasteiger partial charge in [-0.15, -0.1) is 0 Å². The molecule has 1 amide bonds. The van der Waals surface area contributed by atoms with Gasteiger partial charge in [-0.25, -0.2) is 8.42 Å². The Kier molecular flexibility index (Phi) is 6.29. The average molecular weight is 410 g/mol. The number of aromatic nitrogens is 1. The number of pyridine rings is 1. The van der Waals surface area contributed by atoms with Gasteiger partial charge in [0.1, 0.15) is 5.75 Å². The lowest BCUT2D eigenvalue weighted by Gasteiger charge is -2.11. The zero-order valence-electron chi connectivity index (χ0n) is 16.3. The summed E-state index contributed by atoms with van der Waals surface area (Å²) in [6.45, 7) is 2.22. The molecule has 6 nitrogen and oxygen atoms in total. The van der Waals surface area contributed by atoms with E-state index in [2.05, 4.69) is 10.3 Å². The van der Waals surface area contributed by atoms with Gasteiger partial charge in [0.15, 0.2) is 9.84 Å². The highest BCUT2D eigenvalue weighted by Crippen LogP contribution is 2.22. The summed E-state index contributed by atoms with van der Waals surface area (Å²) in [6, 6.07) is 15.1. The number of amides is 1. The van der Waals surface area contributed by atoms with E-state index in [-0.39, 0.29) is 16.6 Å². The molecule has 3 rings (SSSR count). The third kappa shape index (κ3) is 5.42. The van der Waals surface area contributed by atoms with Crippen molar-refractivity contribution in [2.75, 3.05) is 7.11 Å². The molecule has 150 valence electrons. The van der Waals surface area contributed by atoms with Gasteiger partial charge in [-0.3, -0.25) is 9.78 Å². The van der Waals surface area contributed by atoms with Crippen LogP contribution in [0.1, 0.15) is 27.0 Å². The predicted octanol–water partition coefficient (Wildman–Crippen LogP) is 3.30. The van der Waals surface area contributed by atoms with E-state index in [4.69, 9.17) is 4.74 Å². The van der Waals surface area contributed by atoms with E-state index in [1.807, 2.05) is 13.0 Å². The molecule has 0 aliphatic heterocycles. The Morgan fingerprint density at radius 2 is 1.83 bits per heavy atom. The largest absolute Gasteiger partial charge is 0.497 e. The summed E-state index contributed by atoms with van der Waals surface area (Å²) in [7, 11) is -2.07. The van der Waals surface area contributed by atoms with Gasteiger partial charge >= 0.3 is 0 Å². The van der Waals surface area contributed by atoms with Crippen molar-refractivity contribution in [2.45, 2.75) is 24.1 Å². The molecule has 1 aromatic heterocycles. The van der Waals surface area contributed by atoms with Crippen LogP contribution < -0.4 is 10.1 Å². The van der Waals surface area contributed by atoms with Crippen LogP contribution in [0.15, 0.2) is 71.9 Å². The first-order valence-corrected chi connectivity index (χ1v) is 10.7. The molecule has 0 saturated heterocycles. The van der Waals surface area contributed by atoms with Crippen LogP contribution in [-0.2, 0) is 22.1 Å². The number of benzene rings is 2. The predicted molar refractivity (Wildman–Crippen MR) is 110 cm³/mol. The van der Waals surface area contributed by atoms with Gasteiger partial charge in [-0.05, 0) is 54.4 Å². The molecule has 7 heteroatoms. The van der Waals surface area contributed by atoms with Crippen LogP contribution in [0.3, 0.4) is 0 Å². The van der Waals surface area contributed by atoms with Crippen molar-refractivity contribution >= 4 is 15.7 Å². The van der Waals surface area contributed by atoms with Crippen LogP contribution in [-0.4, -0.2) is 26.4 Å². The lowest BCUT2D eigenvalue weighted by Crippen LogP contribution is -2.23. The summed E-state index contributed by atoms with van der Waals surface area (Å²) < 4.78 is 30.8. The minimum absolute atomic E-state index is 0.226. The third-order valence-electron chi connectivity index (χ3n) is 4.38. The molecule has 0 spiro atoms. The fourth-order valence-electron chi connectivity index (χ4n) is 2.83. The molecule has 0 fully saturated rings. The van der Waals surface area contributed by atoms with E-state index in [1.165, 1.54) is 7.11 Å². The highest BCUT2D eigenvalue weighted by Gasteiger charge is 2.18. The topological polar surface area (TPSA) is 85.4 Å². The molecule has 1 heterocycles. The number of hydrogen-bond donors (Lipinski definition) is 1. The maximum Gasteiger partial charge on any atom is 0.251 e. The molecule has 0 unspecified atom stereocenters. The Hall–Kier alpha value is -3.19. The van der Waals surface area contributed by atoms with Crippen molar-refractivity contribution in [3.05, 3.63) is 89.2 Å². The Balaban J connectivity index is 1.81. The maximum atomic E-state index is 12.8. The van der Waals surface area contributed by atoms with Gasteiger partial charge in [-0.1, -0.05) is 23.8 Å². The summed E-state index contributed by atoms with van der Waals surface area (Å²) in [6.07, 6.45) is 3.33. The molecule has 29 heavy (non-hydrogen) atoms. The Labute approximate surface area is 170 Å². The lowest BCUT2D eigenvalue weighted by atomic mass is 10.1. The van der Waals surface area contributed by atoms with Crippen molar-refractivity contribution < 1.29 is 17.9 Å². The van der Waals surface area contributed by atoms with Gasteiger partial charge in [-0.2, -0.15) is 0 Å². The Bertz CT molecular complexity index is 1100. The Morgan fingerprint density at radius 1 is 1.07 bits per heavy atom. The summed E-state index contributed by atoms with van der Waals surface area (Å²) in [5.41, 5.74) is 2.67. The number of ether oxygens (including phenoxy) is 1. The zero-order valence-corrected chi connectivity index (χ0v) is 17.1. The summed E-state index contributed by atoms with van der Waals surface area (Å²) in [5.74, 6) is -0.120. The van der Waals surface area contributed by atoms with Crippen LogP contribution in [0, 0.1) is 6.92 Å². The highest BCUT2D eigenvalue weighted by atomic mass is 32.2. The lowest BCUT2D eigenvalue weighted by molar-refractivity contribution is 0.0950. The average Bonchev–Trinajstić information content (AvgIpc) is 2.72. The van der Waals surface area contributed by atoms with Crippen LogP contribution in [0.4, 0.5) is 0 Å². The fourth-order valence-corrected chi connectivity index (χ4v) is 4.15. The molecule has 0 aliphatic rings. The number of nitrogens with one attached hydrogen (secondary N) is 1. The van der Waals surface area contributed by atoms with Gasteiger partial charge in [0, 0.05) is 24.5 Å². The zero-order chi connectivity index (χ0) is 20.9. The summed E-state index contributed by atoms with van der Waals surface area (Å²) in [5, 5.41) is 2.81. The summed E-state index contributed by atoms with van der Waals surface area (Å²) >= 11 is 0. The molecule has 2 aromatic carbocycles. The molecular formula is C22H22N2O4S. The SMILES string of the molecule is COc1cc(CS(=O)(=O)c2ccc(C)cc2)cc(C(=O)NCc2cccnc2)c1.